The molecule has 0 bridgehead atoms. The Labute approximate surface area is 355 Å². The fourth-order valence-corrected chi connectivity index (χ4v) is 15.1. The number of ether oxygens (including phenoxy) is 3. The number of para-hydroxylation sites is 1. The summed E-state index contributed by atoms with van der Waals surface area (Å²) in [6.07, 6.45) is 12.9. The third-order valence-electron chi connectivity index (χ3n) is 12.7. The number of hydrogen-bond donors (Lipinski definition) is 0. The highest BCUT2D eigenvalue weighted by molar-refractivity contribution is 7.81. The van der Waals surface area contributed by atoms with E-state index in [1.54, 1.807) is 0 Å². The van der Waals surface area contributed by atoms with E-state index < -0.39 is 15.8 Å². The molecule has 5 heteroatoms. The molecule has 3 heterocycles. The number of benzene rings is 6. The molecule has 1 atom stereocenters. The lowest BCUT2D eigenvalue weighted by molar-refractivity contribution is 0.386. The van der Waals surface area contributed by atoms with Gasteiger partial charge in [0.25, 0.3) is 0 Å². The van der Waals surface area contributed by atoms with Gasteiger partial charge in [0.05, 0.1) is 0 Å². The molecular formula is C54H58O3P2. The molecule has 3 aliphatic heterocycles. The van der Waals surface area contributed by atoms with Gasteiger partial charge in [-0.3, -0.25) is 0 Å². The standard InChI is InChI=1S/C54H58O3P2/c1-8-9-10-11-12-13-14-15-16-28-54(7)40-18-17-19-46(58-47-30-35(2)20-24-42(47)55-43-25-21-36(3)31-48(43)58)52(40)57-53-41(54)29-39(6)34-51(53)59-49-32-37(4)22-26-44(49)56-45-27-23-38(5)33-50(45)59/h17-27,29-34H,8-16,28H2,1-7H3. The quantitative estimate of drug-likeness (QED) is 0.0908. The van der Waals surface area contributed by atoms with E-state index >= 15 is 0 Å². The van der Waals surface area contributed by atoms with Gasteiger partial charge >= 0.3 is 0 Å². The number of unbranched alkanes of at least 4 members (excludes halogenated alkanes) is 8. The van der Waals surface area contributed by atoms with Crippen molar-refractivity contribution in [3.05, 3.63) is 142 Å². The molecule has 0 aliphatic carbocycles. The normalized spacial score (nSPS) is 16.4. The molecule has 0 aromatic heterocycles. The molecule has 3 nitrogen and oxygen atoms in total. The summed E-state index contributed by atoms with van der Waals surface area (Å²) < 4.78 is 21.1. The van der Waals surface area contributed by atoms with Crippen LogP contribution in [0.15, 0.2) is 103 Å². The molecule has 0 spiro atoms. The average molecular weight is 817 g/mol. The fourth-order valence-electron chi connectivity index (χ4n) is 9.56. The number of fused-ring (bicyclic) bond motifs is 6. The molecule has 1 unspecified atom stereocenters. The lowest BCUT2D eigenvalue weighted by Crippen LogP contribution is -2.36. The highest BCUT2D eigenvalue weighted by atomic mass is 31.1. The molecule has 9 rings (SSSR count). The predicted molar refractivity (Wildman–Crippen MR) is 253 cm³/mol. The van der Waals surface area contributed by atoms with E-state index in [2.05, 4.69) is 152 Å². The summed E-state index contributed by atoms with van der Waals surface area (Å²) in [4.78, 5) is 0. The molecule has 6 aromatic carbocycles. The van der Waals surface area contributed by atoms with E-state index in [4.69, 9.17) is 14.2 Å². The number of hydrogen-bond acceptors (Lipinski definition) is 3. The lowest BCUT2D eigenvalue weighted by Gasteiger charge is -2.42. The second-order valence-electron chi connectivity index (χ2n) is 17.6. The summed E-state index contributed by atoms with van der Waals surface area (Å²) in [6.45, 7) is 15.9. The van der Waals surface area contributed by atoms with Crippen LogP contribution in [0.2, 0.25) is 0 Å². The number of rotatable bonds is 12. The van der Waals surface area contributed by atoms with Crippen LogP contribution in [0.4, 0.5) is 0 Å². The molecule has 302 valence electrons. The van der Waals surface area contributed by atoms with E-state index in [0.29, 0.717) is 0 Å². The molecular weight excluding hydrogens is 759 g/mol. The summed E-state index contributed by atoms with van der Waals surface area (Å²) in [5.41, 5.74) is 8.62. The van der Waals surface area contributed by atoms with Crippen LogP contribution < -0.4 is 46.0 Å². The van der Waals surface area contributed by atoms with Gasteiger partial charge in [0.2, 0.25) is 0 Å². The van der Waals surface area contributed by atoms with E-state index in [0.717, 1.165) is 40.9 Å². The predicted octanol–water partition coefficient (Wildman–Crippen LogP) is 13.3. The zero-order chi connectivity index (χ0) is 40.8. The molecule has 3 aliphatic rings. The SMILES string of the molecule is CCCCCCCCCCCC1(C)c2cccc(P3c4cc(C)ccc4Oc4ccc(C)cc43)c2Oc2c(P3c4cc(C)ccc4Oc4ccc(C)cc43)cc(C)cc21. The molecule has 0 saturated heterocycles. The van der Waals surface area contributed by atoms with Crippen molar-refractivity contribution in [3.8, 4) is 34.5 Å². The molecule has 6 aromatic rings. The molecule has 0 fully saturated rings. The van der Waals surface area contributed by atoms with Crippen molar-refractivity contribution < 1.29 is 14.2 Å². The van der Waals surface area contributed by atoms with Gasteiger partial charge in [0.1, 0.15) is 34.5 Å². The van der Waals surface area contributed by atoms with Crippen LogP contribution in [0.1, 0.15) is 117 Å². The first-order chi connectivity index (χ1) is 28.6. The third kappa shape index (κ3) is 7.53. The van der Waals surface area contributed by atoms with Gasteiger partial charge in [-0.25, -0.2) is 0 Å². The van der Waals surface area contributed by atoms with Crippen molar-refractivity contribution in [1.29, 1.82) is 0 Å². The summed E-state index contributed by atoms with van der Waals surface area (Å²) in [6, 6.07) is 38.7. The van der Waals surface area contributed by atoms with E-state index in [1.165, 1.54) is 129 Å². The van der Waals surface area contributed by atoms with Crippen LogP contribution in [0.25, 0.3) is 0 Å². The van der Waals surface area contributed by atoms with Gasteiger partial charge in [-0.2, -0.15) is 0 Å². The number of aryl methyl sites for hydroxylation is 5. The minimum absolute atomic E-state index is 0.250. The molecule has 0 saturated carbocycles. The van der Waals surface area contributed by atoms with Gasteiger partial charge in [-0.05, 0) is 117 Å². The largest absolute Gasteiger partial charge is 0.456 e. The maximum Gasteiger partial charge on any atom is 0.139 e. The molecule has 59 heavy (non-hydrogen) atoms. The van der Waals surface area contributed by atoms with Crippen molar-refractivity contribution in [3.63, 3.8) is 0 Å². The smallest absolute Gasteiger partial charge is 0.139 e. The molecule has 0 radical (unpaired) electrons. The van der Waals surface area contributed by atoms with Gasteiger partial charge in [-0.15, -0.1) is 0 Å². The summed E-state index contributed by atoms with van der Waals surface area (Å²) in [5.74, 6) is 5.88. The Morgan fingerprint density at radius 3 is 1.32 bits per heavy atom. The second-order valence-corrected chi connectivity index (χ2v) is 21.8. The third-order valence-corrected chi connectivity index (χ3v) is 17.7. The maximum absolute atomic E-state index is 7.72. The first kappa shape index (κ1) is 40.0. The van der Waals surface area contributed by atoms with Crippen LogP contribution in [-0.4, -0.2) is 0 Å². The minimum Gasteiger partial charge on any atom is -0.456 e. The lowest BCUT2D eigenvalue weighted by atomic mass is 9.70. The van der Waals surface area contributed by atoms with Gasteiger partial charge in [-0.1, -0.05) is 142 Å². The fraction of sp³-hybridized carbons (Fsp3) is 0.333. The Balaban J connectivity index is 1.22. The van der Waals surface area contributed by atoms with E-state index in [-0.39, 0.29) is 5.41 Å². The first-order valence-corrected chi connectivity index (χ1v) is 24.7. The summed E-state index contributed by atoms with van der Waals surface area (Å²) >= 11 is 0. The van der Waals surface area contributed by atoms with Crippen LogP contribution in [0, 0.1) is 34.6 Å². The van der Waals surface area contributed by atoms with Crippen molar-refractivity contribution in [2.24, 2.45) is 0 Å². The molecule has 0 N–H and O–H groups in total. The van der Waals surface area contributed by atoms with Crippen LogP contribution >= 0.6 is 15.8 Å². The van der Waals surface area contributed by atoms with Crippen molar-refractivity contribution in [1.82, 2.24) is 0 Å². The molecule has 0 amide bonds. The van der Waals surface area contributed by atoms with Crippen LogP contribution in [-0.2, 0) is 5.41 Å². The van der Waals surface area contributed by atoms with Crippen molar-refractivity contribution >= 4 is 47.7 Å². The van der Waals surface area contributed by atoms with Crippen molar-refractivity contribution in [2.75, 3.05) is 0 Å². The van der Waals surface area contributed by atoms with E-state index in [9.17, 15) is 0 Å². The highest BCUT2D eigenvalue weighted by Crippen LogP contribution is 2.57. The minimum atomic E-state index is -1.00. The van der Waals surface area contributed by atoms with Crippen LogP contribution in [0.3, 0.4) is 0 Å². The van der Waals surface area contributed by atoms with Crippen molar-refractivity contribution in [2.45, 2.75) is 118 Å². The van der Waals surface area contributed by atoms with Gasteiger partial charge in [0.15, 0.2) is 0 Å². The van der Waals surface area contributed by atoms with Gasteiger partial charge < -0.3 is 14.2 Å². The Morgan fingerprint density at radius 1 is 0.407 bits per heavy atom. The topological polar surface area (TPSA) is 27.7 Å². The Morgan fingerprint density at radius 2 is 0.831 bits per heavy atom. The van der Waals surface area contributed by atoms with E-state index in [1.807, 2.05) is 0 Å². The van der Waals surface area contributed by atoms with Gasteiger partial charge in [0, 0.05) is 48.4 Å². The summed E-state index contributed by atoms with van der Waals surface area (Å²) in [7, 11) is -1.99. The summed E-state index contributed by atoms with van der Waals surface area (Å²) in [5, 5.41) is 7.58. The zero-order valence-electron chi connectivity index (χ0n) is 36.0. The zero-order valence-corrected chi connectivity index (χ0v) is 37.8. The second kappa shape index (κ2) is 16.6. The Bertz CT molecular complexity index is 2450. The Kier molecular flexibility index (Phi) is 11.2. The first-order valence-electron chi connectivity index (χ1n) is 22.0. The Hall–Kier alpha value is -4.42. The average Bonchev–Trinajstić information content (AvgIpc) is 3.22. The highest BCUT2D eigenvalue weighted by Gasteiger charge is 2.44. The maximum atomic E-state index is 7.72. The van der Waals surface area contributed by atoms with Crippen LogP contribution in [0.5, 0.6) is 34.5 Å². The monoisotopic (exact) mass is 816 g/mol.